The summed E-state index contributed by atoms with van der Waals surface area (Å²) >= 11 is 0. The Morgan fingerprint density at radius 1 is 1.50 bits per heavy atom. The van der Waals surface area contributed by atoms with Gasteiger partial charge in [-0.15, -0.1) is 0 Å². The highest BCUT2D eigenvalue weighted by molar-refractivity contribution is 5.44. The quantitative estimate of drug-likeness (QED) is 0.846. The molecule has 1 fully saturated rings. The van der Waals surface area contributed by atoms with Gasteiger partial charge in [0.05, 0.1) is 30.7 Å². The highest BCUT2D eigenvalue weighted by Gasteiger charge is 2.33. The third-order valence-corrected chi connectivity index (χ3v) is 3.19. The molecule has 6 nitrogen and oxygen atoms in total. The number of aromatic nitrogens is 2. The minimum absolute atomic E-state index is 0.0150. The van der Waals surface area contributed by atoms with Gasteiger partial charge in [-0.25, -0.2) is 4.98 Å². The summed E-state index contributed by atoms with van der Waals surface area (Å²) in [6, 6.07) is 0. The maximum atomic E-state index is 9.36. The van der Waals surface area contributed by atoms with Crippen LogP contribution in [0.3, 0.4) is 0 Å². The van der Waals surface area contributed by atoms with E-state index >= 15 is 0 Å². The Hall–Kier alpha value is -1.40. The number of hydrogen-bond donors (Lipinski definition) is 2. The Bertz CT molecular complexity index is 439. The number of nitrogens with zero attached hydrogens (tertiary/aromatic N) is 3. The van der Waals surface area contributed by atoms with E-state index in [1.807, 2.05) is 13.8 Å². The molecule has 0 radical (unpaired) electrons. The summed E-state index contributed by atoms with van der Waals surface area (Å²) in [7, 11) is 0. The third kappa shape index (κ3) is 3.80. The number of rotatable bonds is 5. The standard InChI is InChI=1S/C14H24N4O2/c1-4-5-16-12-6-15-7-13(17-12)18-8-11(9-19)20-14(2,3)10-18/h6-7,11,19H,4-5,8-10H2,1-3H3,(H,16,17). The van der Waals surface area contributed by atoms with Crippen LogP contribution in [0.5, 0.6) is 0 Å². The van der Waals surface area contributed by atoms with E-state index in [9.17, 15) is 5.11 Å². The van der Waals surface area contributed by atoms with Crippen LogP contribution in [0.15, 0.2) is 12.4 Å². The summed E-state index contributed by atoms with van der Waals surface area (Å²) in [6.45, 7) is 8.41. The molecule has 2 heterocycles. The lowest BCUT2D eigenvalue weighted by Crippen LogP contribution is -2.54. The van der Waals surface area contributed by atoms with E-state index in [4.69, 9.17) is 4.74 Å². The fraction of sp³-hybridized carbons (Fsp3) is 0.714. The lowest BCUT2D eigenvalue weighted by molar-refractivity contribution is -0.101. The molecule has 0 amide bonds. The van der Waals surface area contributed by atoms with E-state index in [0.29, 0.717) is 6.54 Å². The summed E-state index contributed by atoms with van der Waals surface area (Å²) in [4.78, 5) is 10.9. The zero-order chi connectivity index (χ0) is 14.6. The van der Waals surface area contributed by atoms with E-state index < -0.39 is 0 Å². The molecule has 0 saturated carbocycles. The van der Waals surface area contributed by atoms with Crippen molar-refractivity contribution in [1.29, 1.82) is 0 Å². The Morgan fingerprint density at radius 2 is 2.30 bits per heavy atom. The Morgan fingerprint density at radius 3 is 3.00 bits per heavy atom. The zero-order valence-corrected chi connectivity index (χ0v) is 12.5. The summed E-state index contributed by atoms with van der Waals surface area (Å²) in [5.41, 5.74) is -0.305. The molecule has 0 aromatic carbocycles. The first kappa shape index (κ1) is 15.0. The maximum Gasteiger partial charge on any atom is 0.149 e. The second-order valence-corrected chi connectivity index (χ2v) is 5.75. The number of ether oxygens (including phenoxy) is 1. The fourth-order valence-electron chi connectivity index (χ4n) is 2.41. The first-order valence-corrected chi connectivity index (χ1v) is 7.13. The lowest BCUT2D eigenvalue weighted by atomic mass is 10.1. The van der Waals surface area contributed by atoms with E-state index in [-0.39, 0.29) is 18.3 Å². The number of hydrogen-bond acceptors (Lipinski definition) is 6. The van der Waals surface area contributed by atoms with E-state index in [1.165, 1.54) is 0 Å². The van der Waals surface area contributed by atoms with Crippen LogP contribution in [-0.2, 0) is 4.74 Å². The fourth-order valence-corrected chi connectivity index (χ4v) is 2.41. The summed E-state index contributed by atoms with van der Waals surface area (Å²) < 4.78 is 5.81. The van der Waals surface area contributed by atoms with Gasteiger partial charge in [0.1, 0.15) is 11.6 Å². The molecule has 2 rings (SSSR count). The van der Waals surface area contributed by atoms with Crippen LogP contribution in [0.1, 0.15) is 27.2 Å². The van der Waals surface area contributed by atoms with Crippen molar-refractivity contribution in [3.63, 3.8) is 0 Å². The Labute approximate surface area is 120 Å². The monoisotopic (exact) mass is 280 g/mol. The minimum atomic E-state index is -0.305. The van der Waals surface area contributed by atoms with Gasteiger partial charge in [-0.3, -0.25) is 4.98 Å². The molecule has 20 heavy (non-hydrogen) atoms. The molecule has 1 aliphatic heterocycles. The van der Waals surface area contributed by atoms with Crippen molar-refractivity contribution >= 4 is 11.6 Å². The summed E-state index contributed by atoms with van der Waals surface area (Å²) in [5, 5.41) is 12.6. The predicted octanol–water partition coefficient (Wildman–Crippen LogP) is 1.27. The molecular weight excluding hydrogens is 256 g/mol. The number of aliphatic hydroxyl groups is 1. The van der Waals surface area contributed by atoms with Gasteiger partial charge in [-0.2, -0.15) is 0 Å². The van der Waals surface area contributed by atoms with Crippen LogP contribution in [0, 0.1) is 0 Å². The van der Waals surface area contributed by atoms with Crippen molar-refractivity contribution in [2.75, 3.05) is 36.5 Å². The van der Waals surface area contributed by atoms with Crippen LogP contribution < -0.4 is 10.2 Å². The van der Waals surface area contributed by atoms with Gasteiger partial charge < -0.3 is 20.1 Å². The van der Waals surface area contributed by atoms with Crippen LogP contribution in [0.2, 0.25) is 0 Å². The highest BCUT2D eigenvalue weighted by atomic mass is 16.5. The first-order valence-electron chi connectivity index (χ1n) is 7.13. The van der Waals surface area contributed by atoms with Gasteiger partial charge >= 0.3 is 0 Å². The largest absolute Gasteiger partial charge is 0.394 e. The smallest absolute Gasteiger partial charge is 0.149 e. The van der Waals surface area contributed by atoms with Crippen molar-refractivity contribution in [3.8, 4) is 0 Å². The molecule has 2 N–H and O–H groups in total. The zero-order valence-electron chi connectivity index (χ0n) is 12.5. The normalized spacial score (nSPS) is 21.8. The van der Waals surface area contributed by atoms with E-state index in [2.05, 4.69) is 27.1 Å². The molecule has 1 aliphatic rings. The molecule has 1 unspecified atom stereocenters. The van der Waals surface area contributed by atoms with Gasteiger partial charge in [0, 0.05) is 19.6 Å². The molecule has 0 bridgehead atoms. The van der Waals surface area contributed by atoms with Crippen molar-refractivity contribution in [1.82, 2.24) is 9.97 Å². The molecule has 0 spiro atoms. The molecule has 1 aromatic heterocycles. The molecule has 112 valence electrons. The van der Waals surface area contributed by atoms with Gasteiger partial charge in [-0.05, 0) is 20.3 Å². The Balaban J connectivity index is 2.13. The van der Waals surface area contributed by atoms with Gasteiger partial charge in [0.25, 0.3) is 0 Å². The number of anilines is 2. The first-order chi connectivity index (χ1) is 9.54. The van der Waals surface area contributed by atoms with Crippen molar-refractivity contribution in [2.45, 2.75) is 38.9 Å². The second-order valence-electron chi connectivity index (χ2n) is 5.75. The topological polar surface area (TPSA) is 70.5 Å². The van der Waals surface area contributed by atoms with Crippen molar-refractivity contribution in [3.05, 3.63) is 12.4 Å². The minimum Gasteiger partial charge on any atom is -0.394 e. The van der Waals surface area contributed by atoms with Gasteiger partial charge in [0.2, 0.25) is 0 Å². The van der Waals surface area contributed by atoms with Gasteiger partial charge in [-0.1, -0.05) is 6.92 Å². The molecule has 1 aromatic rings. The number of morpholine rings is 1. The average molecular weight is 280 g/mol. The molecule has 6 heteroatoms. The molecular formula is C14H24N4O2. The third-order valence-electron chi connectivity index (χ3n) is 3.19. The van der Waals surface area contributed by atoms with Crippen molar-refractivity contribution in [2.24, 2.45) is 0 Å². The van der Waals surface area contributed by atoms with Crippen LogP contribution in [0.25, 0.3) is 0 Å². The lowest BCUT2D eigenvalue weighted by Gasteiger charge is -2.42. The van der Waals surface area contributed by atoms with Crippen LogP contribution in [-0.4, -0.2) is 53.0 Å². The molecule has 0 aliphatic carbocycles. The van der Waals surface area contributed by atoms with Gasteiger partial charge in [0.15, 0.2) is 0 Å². The maximum absolute atomic E-state index is 9.36. The SMILES string of the molecule is CCCNc1cncc(N2CC(CO)OC(C)(C)C2)n1. The molecule has 1 saturated heterocycles. The predicted molar refractivity (Wildman–Crippen MR) is 79.1 cm³/mol. The summed E-state index contributed by atoms with van der Waals surface area (Å²) in [6.07, 6.45) is 4.34. The summed E-state index contributed by atoms with van der Waals surface area (Å²) in [5.74, 6) is 1.61. The van der Waals surface area contributed by atoms with E-state index in [1.54, 1.807) is 12.4 Å². The second kappa shape index (κ2) is 6.37. The van der Waals surface area contributed by atoms with E-state index in [0.717, 1.165) is 31.1 Å². The highest BCUT2D eigenvalue weighted by Crippen LogP contribution is 2.25. The average Bonchev–Trinajstić information content (AvgIpc) is 2.43. The van der Waals surface area contributed by atoms with Crippen LogP contribution >= 0.6 is 0 Å². The number of nitrogens with one attached hydrogen (secondary N) is 1. The Kier molecular flexibility index (Phi) is 4.77. The van der Waals surface area contributed by atoms with Crippen molar-refractivity contribution < 1.29 is 9.84 Å². The molecule has 1 atom stereocenters. The number of aliphatic hydroxyl groups excluding tert-OH is 1. The van der Waals surface area contributed by atoms with Crippen LogP contribution in [0.4, 0.5) is 11.6 Å².